The summed E-state index contributed by atoms with van der Waals surface area (Å²) >= 11 is 0. The molecular formula is C19H18N2O. The van der Waals surface area contributed by atoms with Crippen molar-refractivity contribution in [2.24, 2.45) is 0 Å². The lowest BCUT2D eigenvalue weighted by atomic mass is 10.0. The molecule has 22 heavy (non-hydrogen) atoms. The van der Waals surface area contributed by atoms with Crippen molar-refractivity contribution in [3.05, 3.63) is 59.9 Å². The zero-order chi connectivity index (χ0) is 15.4. The number of likely N-dealkylation sites (N-methyl/N-ethyl adjacent to an activating group) is 1. The Morgan fingerprint density at radius 3 is 2.55 bits per heavy atom. The standard InChI is InChI=1S/C19H18N2O/c1-2-21-10-9-18-12-17-11-16(7-8-19(17)22-18)15-5-3-14(13-20)4-6-15/h3-8,11-12,21H,2,9-10H2,1H3. The summed E-state index contributed by atoms with van der Waals surface area (Å²) in [6.45, 7) is 4.00. The van der Waals surface area contributed by atoms with Crippen LogP contribution >= 0.6 is 0 Å². The Balaban J connectivity index is 1.87. The first-order chi connectivity index (χ1) is 10.8. The van der Waals surface area contributed by atoms with Crippen molar-refractivity contribution in [1.82, 2.24) is 5.32 Å². The third-order valence-corrected chi connectivity index (χ3v) is 3.71. The summed E-state index contributed by atoms with van der Waals surface area (Å²) in [6.07, 6.45) is 0.898. The topological polar surface area (TPSA) is 49.0 Å². The molecule has 2 aromatic carbocycles. The van der Waals surface area contributed by atoms with Gasteiger partial charge in [0.05, 0.1) is 11.6 Å². The van der Waals surface area contributed by atoms with Crippen LogP contribution in [-0.4, -0.2) is 13.1 Å². The Labute approximate surface area is 130 Å². The van der Waals surface area contributed by atoms with Crippen LogP contribution in [0, 0.1) is 11.3 Å². The van der Waals surface area contributed by atoms with E-state index in [4.69, 9.17) is 9.68 Å². The van der Waals surface area contributed by atoms with E-state index in [0.717, 1.165) is 47.4 Å². The SMILES string of the molecule is CCNCCc1cc2cc(-c3ccc(C#N)cc3)ccc2o1. The molecule has 0 atom stereocenters. The molecule has 3 rings (SSSR count). The van der Waals surface area contributed by atoms with Crippen molar-refractivity contribution < 1.29 is 4.42 Å². The first kappa shape index (κ1) is 14.4. The van der Waals surface area contributed by atoms with Crippen LogP contribution in [0.5, 0.6) is 0 Å². The van der Waals surface area contributed by atoms with Gasteiger partial charge >= 0.3 is 0 Å². The second-order valence-electron chi connectivity index (χ2n) is 5.26. The Morgan fingerprint density at radius 1 is 1.05 bits per heavy atom. The summed E-state index contributed by atoms with van der Waals surface area (Å²) in [5.41, 5.74) is 3.84. The van der Waals surface area contributed by atoms with E-state index >= 15 is 0 Å². The van der Waals surface area contributed by atoms with E-state index in [9.17, 15) is 0 Å². The molecule has 110 valence electrons. The van der Waals surface area contributed by atoms with Crippen molar-refractivity contribution in [3.63, 3.8) is 0 Å². The number of nitriles is 1. The number of furan rings is 1. The van der Waals surface area contributed by atoms with Gasteiger partial charge in [0.2, 0.25) is 0 Å². The van der Waals surface area contributed by atoms with E-state index in [2.05, 4.69) is 36.5 Å². The highest BCUT2D eigenvalue weighted by Gasteiger charge is 2.06. The number of rotatable bonds is 5. The van der Waals surface area contributed by atoms with E-state index in [1.54, 1.807) is 0 Å². The van der Waals surface area contributed by atoms with E-state index in [0.29, 0.717) is 5.56 Å². The predicted octanol–water partition coefficient (Wildman–Crippen LogP) is 4.12. The summed E-state index contributed by atoms with van der Waals surface area (Å²) in [4.78, 5) is 0. The average molecular weight is 290 g/mol. The third-order valence-electron chi connectivity index (χ3n) is 3.71. The first-order valence-corrected chi connectivity index (χ1v) is 7.54. The number of hydrogen-bond acceptors (Lipinski definition) is 3. The largest absolute Gasteiger partial charge is 0.461 e. The van der Waals surface area contributed by atoms with Crippen molar-refractivity contribution in [3.8, 4) is 17.2 Å². The Hall–Kier alpha value is -2.57. The van der Waals surface area contributed by atoms with Gasteiger partial charge in [-0.15, -0.1) is 0 Å². The van der Waals surface area contributed by atoms with Crippen LogP contribution in [0.15, 0.2) is 52.9 Å². The number of hydrogen-bond donors (Lipinski definition) is 1. The molecule has 0 aliphatic rings. The van der Waals surface area contributed by atoms with E-state index in [-0.39, 0.29) is 0 Å². The van der Waals surface area contributed by atoms with Crippen LogP contribution < -0.4 is 5.32 Å². The smallest absolute Gasteiger partial charge is 0.134 e. The first-order valence-electron chi connectivity index (χ1n) is 7.54. The fraction of sp³-hybridized carbons (Fsp3) is 0.211. The summed E-state index contributed by atoms with van der Waals surface area (Å²) in [5.74, 6) is 1.01. The molecule has 0 spiro atoms. The minimum absolute atomic E-state index is 0.679. The molecule has 3 heteroatoms. The van der Waals surface area contributed by atoms with Gasteiger partial charge in [0.15, 0.2) is 0 Å². The molecule has 0 amide bonds. The highest BCUT2D eigenvalue weighted by Crippen LogP contribution is 2.27. The summed E-state index contributed by atoms with van der Waals surface area (Å²) < 4.78 is 5.86. The maximum absolute atomic E-state index is 8.86. The Morgan fingerprint density at radius 2 is 1.82 bits per heavy atom. The average Bonchev–Trinajstić information content (AvgIpc) is 2.97. The maximum atomic E-state index is 8.86. The molecule has 0 aliphatic heterocycles. The number of nitrogens with one attached hydrogen (secondary N) is 1. The van der Waals surface area contributed by atoms with Gasteiger partial charge in [-0.2, -0.15) is 5.26 Å². The normalized spacial score (nSPS) is 10.7. The van der Waals surface area contributed by atoms with E-state index in [1.165, 1.54) is 0 Å². The molecule has 1 heterocycles. The van der Waals surface area contributed by atoms with Crippen LogP contribution in [0.1, 0.15) is 18.2 Å². The second kappa shape index (κ2) is 6.46. The predicted molar refractivity (Wildman–Crippen MR) is 88.6 cm³/mol. The van der Waals surface area contributed by atoms with Crippen molar-refractivity contribution in [2.45, 2.75) is 13.3 Å². The molecule has 0 fully saturated rings. The highest BCUT2D eigenvalue weighted by molar-refractivity contribution is 5.84. The Kier molecular flexibility index (Phi) is 4.22. The molecule has 0 saturated heterocycles. The molecular weight excluding hydrogens is 272 g/mol. The lowest BCUT2D eigenvalue weighted by Crippen LogP contribution is -2.15. The maximum Gasteiger partial charge on any atom is 0.134 e. The van der Waals surface area contributed by atoms with Crippen molar-refractivity contribution in [2.75, 3.05) is 13.1 Å². The zero-order valence-corrected chi connectivity index (χ0v) is 12.6. The van der Waals surface area contributed by atoms with Crippen molar-refractivity contribution >= 4 is 11.0 Å². The van der Waals surface area contributed by atoms with Gasteiger partial charge in [0, 0.05) is 18.4 Å². The summed E-state index contributed by atoms with van der Waals surface area (Å²) in [7, 11) is 0. The zero-order valence-electron chi connectivity index (χ0n) is 12.6. The highest BCUT2D eigenvalue weighted by atomic mass is 16.3. The molecule has 3 nitrogen and oxygen atoms in total. The van der Waals surface area contributed by atoms with Crippen LogP contribution in [0.4, 0.5) is 0 Å². The lowest BCUT2D eigenvalue weighted by molar-refractivity contribution is 0.536. The number of fused-ring (bicyclic) bond motifs is 1. The quantitative estimate of drug-likeness (QED) is 0.719. The third kappa shape index (κ3) is 3.03. The molecule has 3 aromatic rings. The minimum Gasteiger partial charge on any atom is -0.461 e. The van der Waals surface area contributed by atoms with Crippen molar-refractivity contribution in [1.29, 1.82) is 5.26 Å². The molecule has 0 bridgehead atoms. The molecule has 1 N–H and O–H groups in total. The van der Waals surface area contributed by atoms with Gasteiger partial charge in [0.1, 0.15) is 11.3 Å². The van der Waals surface area contributed by atoms with Crippen LogP contribution in [0.25, 0.3) is 22.1 Å². The Bertz CT molecular complexity index is 810. The summed E-state index contributed by atoms with van der Waals surface area (Å²) in [6, 6.07) is 18.1. The van der Waals surface area contributed by atoms with Gasteiger partial charge < -0.3 is 9.73 Å². The van der Waals surface area contributed by atoms with Crippen LogP contribution in [0.2, 0.25) is 0 Å². The van der Waals surface area contributed by atoms with Crippen LogP contribution in [0.3, 0.4) is 0 Å². The summed E-state index contributed by atoms with van der Waals surface area (Å²) in [5, 5.41) is 13.3. The second-order valence-corrected chi connectivity index (χ2v) is 5.26. The fourth-order valence-electron chi connectivity index (χ4n) is 2.53. The monoisotopic (exact) mass is 290 g/mol. The number of benzene rings is 2. The molecule has 0 unspecified atom stereocenters. The minimum atomic E-state index is 0.679. The molecule has 1 aromatic heterocycles. The van der Waals surface area contributed by atoms with Gasteiger partial charge in [-0.05, 0) is 48.0 Å². The van der Waals surface area contributed by atoms with Gasteiger partial charge in [-0.25, -0.2) is 0 Å². The molecule has 0 aliphatic carbocycles. The number of nitrogens with zero attached hydrogens (tertiary/aromatic N) is 1. The van der Waals surface area contributed by atoms with Crippen LogP contribution in [-0.2, 0) is 6.42 Å². The van der Waals surface area contributed by atoms with E-state index < -0.39 is 0 Å². The molecule has 0 saturated carbocycles. The molecule has 0 radical (unpaired) electrons. The van der Waals surface area contributed by atoms with E-state index in [1.807, 2.05) is 30.3 Å². The van der Waals surface area contributed by atoms with Gasteiger partial charge in [0.25, 0.3) is 0 Å². The van der Waals surface area contributed by atoms with Gasteiger partial charge in [-0.3, -0.25) is 0 Å². The van der Waals surface area contributed by atoms with Gasteiger partial charge in [-0.1, -0.05) is 25.1 Å². The fourth-order valence-corrected chi connectivity index (χ4v) is 2.53. The lowest BCUT2D eigenvalue weighted by Gasteiger charge is -2.01.